The molecule has 0 aliphatic rings. The topological polar surface area (TPSA) is 13.1 Å². The summed E-state index contributed by atoms with van der Waals surface area (Å²) in [5.41, 5.74) is 0. The van der Waals surface area contributed by atoms with E-state index in [2.05, 4.69) is 12.6 Å². The van der Waals surface area contributed by atoms with Crippen LogP contribution in [0.25, 0.3) is 0 Å². The first kappa shape index (κ1) is 7.61. The predicted octanol–water partition coefficient (Wildman–Crippen LogP) is 3.53. The molecule has 0 unspecified atom stereocenters. The van der Waals surface area contributed by atoms with Gasteiger partial charge in [-0.05, 0) is 11.6 Å². The van der Waals surface area contributed by atoms with Crippen molar-refractivity contribution in [3.63, 3.8) is 0 Å². The van der Waals surface area contributed by atoms with Gasteiger partial charge in [-0.25, -0.2) is 0 Å². The van der Waals surface area contributed by atoms with Crippen molar-refractivity contribution in [2.24, 2.45) is 0 Å². The number of hydrogen-bond acceptors (Lipinski definition) is 2. The fourth-order valence-corrected chi connectivity index (χ4v) is 1.15. The highest BCUT2D eigenvalue weighted by Gasteiger charge is 2.11. The van der Waals surface area contributed by atoms with Crippen molar-refractivity contribution in [3.05, 3.63) is 15.3 Å². The molecule has 0 amide bonds. The zero-order valence-corrected chi connectivity index (χ0v) is 7.15. The van der Waals surface area contributed by atoms with Gasteiger partial charge in [-0.1, -0.05) is 23.2 Å². The molecule has 0 saturated carbocycles. The van der Waals surface area contributed by atoms with Crippen molar-refractivity contribution >= 4 is 47.4 Å². The largest absolute Gasteiger partial charge is 0.435 e. The highest BCUT2D eigenvalue weighted by molar-refractivity contribution is 7.80. The molecule has 1 nitrogen and oxygen atoms in total. The number of rotatable bonds is 0. The lowest BCUT2D eigenvalue weighted by Crippen LogP contribution is -1.53. The third kappa shape index (κ3) is 1.32. The van der Waals surface area contributed by atoms with Gasteiger partial charge in [-0.2, -0.15) is 0 Å². The quantitative estimate of drug-likeness (QED) is 0.637. The van der Waals surface area contributed by atoms with Crippen LogP contribution in [0.4, 0.5) is 0 Å². The van der Waals surface area contributed by atoms with Crippen LogP contribution in [-0.2, 0) is 0 Å². The third-order valence-corrected chi connectivity index (χ3v) is 2.37. The first-order valence-corrected chi connectivity index (χ1v) is 3.53. The summed E-state index contributed by atoms with van der Waals surface area (Å²) in [7, 11) is 0. The van der Waals surface area contributed by atoms with E-state index in [4.69, 9.17) is 39.2 Å². The Morgan fingerprint density at radius 2 is 1.67 bits per heavy atom. The van der Waals surface area contributed by atoms with Crippen LogP contribution >= 0.6 is 47.4 Å². The van der Waals surface area contributed by atoms with E-state index in [1.54, 1.807) is 0 Å². The van der Waals surface area contributed by atoms with Crippen molar-refractivity contribution in [2.75, 3.05) is 0 Å². The SMILES string of the molecule is Sc1oc(Cl)c(Cl)c1Cl. The molecule has 50 valence electrons. The molecule has 1 aromatic rings. The Morgan fingerprint density at radius 3 is 1.78 bits per heavy atom. The van der Waals surface area contributed by atoms with Gasteiger partial charge < -0.3 is 4.42 Å². The lowest BCUT2D eigenvalue weighted by atomic mass is 10.6. The normalized spacial score (nSPS) is 10.2. The highest BCUT2D eigenvalue weighted by atomic mass is 35.5. The van der Waals surface area contributed by atoms with Crippen LogP contribution in [0.2, 0.25) is 15.3 Å². The monoisotopic (exact) mass is 202 g/mol. The summed E-state index contributed by atoms with van der Waals surface area (Å²) < 4.78 is 4.71. The molecule has 0 bridgehead atoms. The molecule has 0 fully saturated rings. The number of furan rings is 1. The van der Waals surface area contributed by atoms with Crippen molar-refractivity contribution < 1.29 is 4.42 Å². The lowest BCUT2D eigenvalue weighted by Gasteiger charge is -1.77. The summed E-state index contributed by atoms with van der Waals surface area (Å²) >= 11 is 20.2. The predicted molar refractivity (Wildman–Crippen MR) is 41.0 cm³/mol. The zero-order valence-electron chi connectivity index (χ0n) is 3.99. The van der Waals surface area contributed by atoms with Crippen LogP contribution in [-0.4, -0.2) is 0 Å². The summed E-state index contributed by atoms with van der Waals surface area (Å²) in [5, 5.41) is 0.784. The van der Waals surface area contributed by atoms with Crippen LogP contribution < -0.4 is 0 Å². The Morgan fingerprint density at radius 1 is 1.11 bits per heavy atom. The molecule has 1 aromatic heterocycles. The van der Waals surface area contributed by atoms with Gasteiger partial charge in [0.1, 0.15) is 10.0 Å². The maximum Gasteiger partial charge on any atom is 0.215 e. The molecule has 1 heterocycles. The fraction of sp³-hybridized carbons (Fsp3) is 0. The Hall–Kier alpha value is 0.500. The molecule has 0 aliphatic carbocycles. The van der Waals surface area contributed by atoms with E-state index in [1.807, 2.05) is 0 Å². The van der Waals surface area contributed by atoms with Crippen LogP contribution in [0.5, 0.6) is 0 Å². The summed E-state index contributed by atoms with van der Waals surface area (Å²) in [6.07, 6.45) is 0. The van der Waals surface area contributed by atoms with E-state index >= 15 is 0 Å². The molecule has 0 spiro atoms. The summed E-state index contributed by atoms with van der Waals surface area (Å²) in [4.78, 5) is 0. The van der Waals surface area contributed by atoms with E-state index in [1.165, 1.54) is 0 Å². The van der Waals surface area contributed by atoms with Gasteiger partial charge in [0, 0.05) is 0 Å². The van der Waals surface area contributed by atoms with Crippen LogP contribution in [0.1, 0.15) is 0 Å². The lowest BCUT2D eigenvalue weighted by molar-refractivity contribution is 0.479. The maximum absolute atomic E-state index is 5.51. The average Bonchev–Trinajstić information content (AvgIpc) is 1.98. The van der Waals surface area contributed by atoms with Gasteiger partial charge in [0.25, 0.3) is 0 Å². The van der Waals surface area contributed by atoms with Crippen LogP contribution in [0.3, 0.4) is 0 Å². The standard InChI is InChI=1S/C4HCl3OS/c5-1-2(6)4(9)8-3(1)7/h9H. The molecule has 0 aliphatic heterocycles. The molecule has 0 aromatic carbocycles. The van der Waals surface area contributed by atoms with Gasteiger partial charge in [0.05, 0.1) is 0 Å². The average molecular weight is 203 g/mol. The molecular formula is C4HCl3OS. The smallest absolute Gasteiger partial charge is 0.215 e. The van der Waals surface area contributed by atoms with E-state index in [-0.39, 0.29) is 20.4 Å². The second kappa shape index (κ2) is 2.62. The van der Waals surface area contributed by atoms with E-state index < -0.39 is 0 Å². The summed E-state index contributed by atoms with van der Waals surface area (Å²) in [6, 6.07) is 0. The van der Waals surface area contributed by atoms with Crippen LogP contribution in [0.15, 0.2) is 9.51 Å². The summed E-state index contributed by atoms with van der Waals surface area (Å²) in [5.74, 6) is 0. The third-order valence-electron chi connectivity index (χ3n) is 0.739. The van der Waals surface area contributed by atoms with E-state index in [0.717, 1.165) is 0 Å². The van der Waals surface area contributed by atoms with Crippen LogP contribution in [0, 0.1) is 0 Å². The molecule has 0 radical (unpaired) electrons. The van der Waals surface area contributed by atoms with Gasteiger partial charge in [-0.3, -0.25) is 0 Å². The van der Waals surface area contributed by atoms with Crippen molar-refractivity contribution in [1.82, 2.24) is 0 Å². The fourth-order valence-electron chi connectivity index (χ4n) is 0.355. The van der Waals surface area contributed by atoms with Crippen molar-refractivity contribution in [1.29, 1.82) is 0 Å². The molecule has 1 rings (SSSR count). The second-order valence-corrected chi connectivity index (χ2v) is 2.81. The first-order valence-electron chi connectivity index (χ1n) is 1.95. The van der Waals surface area contributed by atoms with E-state index in [0.29, 0.717) is 0 Å². The molecule has 9 heavy (non-hydrogen) atoms. The molecule has 0 saturated heterocycles. The van der Waals surface area contributed by atoms with Crippen molar-refractivity contribution in [2.45, 2.75) is 5.09 Å². The van der Waals surface area contributed by atoms with Gasteiger partial charge in [0.15, 0.2) is 5.09 Å². The zero-order chi connectivity index (χ0) is 7.02. The van der Waals surface area contributed by atoms with Crippen molar-refractivity contribution in [3.8, 4) is 0 Å². The first-order chi connectivity index (χ1) is 4.13. The Balaban J connectivity index is 3.29. The second-order valence-electron chi connectivity index (χ2n) is 1.31. The van der Waals surface area contributed by atoms with Gasteiger partial charge >= 0.3 is 0 Å². The highest BCUT2D eigenvalue weighted by Crippen LogP contribution is 2.37. The Labute approximate surface area is 72.3 Å². The minimum Gasteiger partial charge on any atom is -0.435 e. The summed E-state index contributed by atoms with van der Waals surface area (Å²) in [6.45, 7) is 0. The molecule has 0 N–H and O–H groups in total. The minimum atomic E-state index is 0.0756. The maximum atomic E-state index is 5.51. The molecular weight excluding hydrogens is 202 g/mol. The number of thiol groups is 1. The van der Waals surface area contributed by atoms with Gasteiger partial charge in [-0.15, -0.1) is 12.6 Å². The molecule has 5 heteroatoms. The number of hydrogen-bond donors (Lipinski definition) is 1. The number of halogens is 3. The Kier molecular flexibility index (Phi) is 2.22. The minimum absolute atomic E-state index is 0.0756. The van der Waals surface area contributed by atoms with Gasteiger partial charge in [0.2, 0.25) is 5.22 Å². The molecule has 0 atom stereocenters. The Bertz CT molecular complexity index is 209. The van der Waals surface area contributed by atoms with E-state index in [9.17, 15) is 0 Å².